The van der Waals surface area contributed by atoms with Gasteiger partial charge in [0.2, 0.25) is 0 Å². The van der Waals surface area contributed by atoms with Crippen molar-refractivity contribution in [1.82, 2.24) is 5.32 Å². The predicted octanol–water partition coefficient (Wildman–Crippen LogP) is 5.03. The molecule has 0 aliphatic rings. The number of nitrogens with one attached hydrogen (secondary N) is 1. The van der Waals surface area contributed by atoms with E-state index in [2.05, 4.69) is 57.3 Å². The fraction of sp³-hybridized carbons (Fsp3) is 0.450. The van der Waals surface area contributed by atoms with Crippen molar-refractivity contribution >= 4 is 5.91 Å². The Morgan fingerprint density at radius 3 is 2.18 bits per heavy atom. The maximum atomic E-state index is 12.3. The van der Waals surface area contributed by atoms with E-state index in [4.69, 9.17) is 0 Å². The van der Waals surface area contributed by atoms with Gasteiger partial charge in [-0.15, -0.1) is 0 Å². The molecule has 1 aromatic carbocycles. The Bertz CT molecular complexity index is 567. The highest BCUT2D eigenvalue weighted by molar-refractivity contribution is 5.97. The second kappa shape index (κ2) is 8.57. The first-order chi connectivity index (χ1) is 10.3. The van der Waals surface area contributed by atoms with Gasteiger partial charge in [-0.05, 0) is 65.5 Å². The summed E-state index contributed by atoms with van der Waals surface area (Å²) in [5, 5.41) is 3.00. The molecule has 0 aliphatic carbocycles. The first-order valence-electron chi connectivity index (χ1n) is 7.96. The maximum absolute atomic E-state index is 12.3. The molecule has 2 heteroatoms. The van der Waals surface area contributed by atoms with Crippen LogP contribution in [0.5, 0.6) is 0 Å². The third-order valence-electron chi connectivity index (χ3n) is 3.71. The number of rotatable bonds is 6. The van der Waals surface area contributed by atoms with Crippen molar-refractivity contribution in [1.29, 1.82) is 0 Å². The van der Waals surface area contributed by atoms with Gasteiger partial charge >= 0.3 is 0 Å². The van der Waals surface area contributed by atoms with Crippen molar-refractivity contribution in [3.63, 3.8) is 0 Å². The summed E-state index contributed by atoms with van der Waals surface area (Å²) in [4.78, 5) is 12.3. The number of carbonyl (C=O) groups is 1. The summed E-state index contributed by atoms with van der Waals surface area (Å²) in [5.74, 6) is 0.0170. The van der Waals surface area contributed by atoms with Gasteiger partial charge in [0.25, 0.3) is 5.91 Å². The quantitative estimate of drug-likeness (QED) is 0.733. The third kappa shape index (κ3) is 5.88. The van der Waals surface area contributed by atoms with E-state index in [1.807, 2.05) is 13.8 Å². The summed E-state index contributed by atoms with van der Waals surface area (Å²) in [6, 6.07) is 4.12. The summed E-state index contributed by atoms with van der Waals surface area (Å²) in [5.41, 5.74) is 6.75. The van der Waals surface area contributed by atoms with Gasteiger partial charge in [0.15, 0.2) is 0 Å². The van der Waals surface area contributed by atoms with Gasteiger partial charge in [-0.25, -0.2) is 0 Å². The van der Waals surface area contributed by atoms with Crippen LogP contribution in [-0.2, 0) is 0 Å². The van der Waals surface area contributed by atoms with Crippen molar-refractivity contribution in [2.75, 3.05) is 6.54 Å². The summed E-state index contributed by atoms with van der Waals surface area (Å²) >= 11 is 0. The second-order valence-corrected chi connectivity index (χ2v) is 6.35. The van der Waals surface area contributed by atoms with E-state index in [1.54, 1.807) is 0 Å². The lowest BCUT2D eigenvalue weighted by atomic mass is 9.99. The van der Waals surface area contributed by atoms with Gasteiger partial charge in [0.05, 0.1) is 0 Å². The highest BCUT2D eigenvalue weighted by Crippen LogP contribution is 2.16. The molecule has 0 fully saturated rings. The number of allylic oxidation sites excluding steroid dienone is 3. The number of carbonyl (C=O) groups excluding carboxylic acids is 1. The average molecular weight is 299 g/mol. The van der Waals surface area contributed by atoms with E-state index in [9.17, 15) is 4.79 Å². The average Bonchev–Trinajstić information content (AvgIpc) is 2.36. The van der Waals surface area contributed by atoms with Crippen LogP contribution in [0.4, 0.5) is 0 Å². The molecule has 22 heavy (non-hydrogen) atoms. The Hall–Kier alpha value is -1.83. The fourth-order valence-corrected chi connectivity index (χ4v) is 2.64. The molecule has 2 nitrogen and oxygen atoms in total. The molecule has 1 amide bonds. The first kappa shape index (κ1) is 18.2. The van der Waals surface area contributed by atoms with Gasteiger partial charge < -0.3 is 5.32 Å². The van der Waals surface area contributed by atoms with Crippen LogP contribution in [-0.4, -0.2) is 12.5 Å². The Morgan fingerprint density at radius 1 is 1.05 bits per heavy atom. The number of amides is 1. The summed E-state index contributed by atoms with van der Waals surface area (Å²) in [6.07, 6.45) is 6.46. The summed E-state index contributed by atoms with van der Waals surface area (Å²) in [7, 11) is 0. The molecule has 1 aromatic rings. The van der Waals surface area contributed by atoms with E-state index < -0.39 is 0 Å². The van der Waals surface area contributed by atoms with Crippen LogP contribution in [0.1, 0.15) is 60.7 Å². The number of benzene rings is 1. The Kier molecular flexibility index (Phi) is 7.10. The minimum atomic E-state index is 0.0170. The fourth-order valence-electron chi connectivity index (χ4n) is 2.64. The first-order valence-corrected chi connectivity index (χ1v) is 7.96. The van der Waals surface area contributed by atoms with E-state index in [0.717, 1.165) is 29.5 Å². The van der Waals surface area contributed by atoms with Crippen LogP contribution in [0.25, 0.3) is 0 Å². The van der Waals surface area contributed by atoms with Gasteiger partial charge in [-0.1, -0.05) is 41.0 Å². The molecule has 0 atom stereocenters. The van der Waals surface area contributed by atoms with Gasteiger partial charge in [0.1, 0.15) is 0 Å². The molecule has 0 radical (unpaired) electrons. The Labute approximate surface area is 135 Å². The predicted molar refractivity (Wildman–Crippen MR) is 95.4 cm³/mol. The lowest BCUT2D eigenvalue weighted by Crippen LogP contribution is -2.25. The molecule has 0 spiro atoms. The van der Waals surface area contributed by atoms with Crippen molar-refractivity contribution in [3.8, 4) is 0 Å². The molecular weight excluding hydrogens is 270 g/mol. The van der Waals surface area contributed by atoms with Crippen molar-refractivity contribution in [3.05, 3.63) is 57.7 Å². The van der Waals surface area contributed by atoms with Gasteiger partial charge in [0, 0.05) is 12.1 Å². The zero-order valence-electron chi connectivity index (χ0n) is 14.8. The topological polar surface area (TPSA) is 29.1 Å². The van der Waals surface area contributed by atoms with Crippen molar-refractivity contribution in [2.24, 2.45) is 0 Å². The lowest BCUT2D eigenvalue weighted by molar-refractivity contribution is 0.0956. The Morgan fingerprint density at radius 2 is 1.64 bits per heavy atom. The largest absolute Gasteiger partial charge is 0.349 e. The summed E-state index contributed by atoms with van der Waals surface area (Å²) in [6.45, 7) is 13.0. The highest BCUT2D eigenvalue weighted by atomic mass is 16.1. The standard InChI is InChI=1S/C20H29NO/c1-14(2)8-7-9-15(3)10-11-21-20(22)19-17(5)12-16(4)13-18(19)6/h8,10,12-13H,7,9,11H2,1-6H3,(H,21,22)/b15-10+. The maximum Gasteiger partial charge on any atom is 0.252 e. The van der Waals surface area contributed by atoms with Crippen LogP contribution in [0, 0.1) is 20.8 Å². The third-order valence-corrected chi connectivity index (χ3v) is 3.71. The van der Waals surface area contributed by atoms with E-state index in [0.29, 0.717) is 6.54 Å². The van der Waals surface area contributed by atoms with E-state index >= 15 is 0 Å². The molecule has 0 heterocycles. The molecule has 0 saturated carbocycles. The molecule has 0 unspecified atom stereocenters. The molecule has 0 aliphatic heterocycles. The summed E-state index contributed by atoms with van der Waals surface area (Å²) < 4.78 is 0. The normalized spacial score (nSPS) is 11.3. The minimum Gasteiger partial charge on any atom is -0.349 e. The minimum absolute atomic E-state index is 0.0170. The smallest absolute Gasteiger partial charge is 0.252 e. The van der Waals surface area contributed by atoms with Gasteiger partial charge in [-0.2, -0.15) is 0 Å². The van der Waals surface area contributed by atoms with Crippen LogP contribution < -0.4 is 5.32 Å². The molecular formula is C20H29NO. The molecule has 120 valence electrons. The lowest BCUT2D eigenvalue weighted by Gasteiger charge is -2.11. The van der Waals surface area contributed by atoms with Crippen LogP contribution in [0.2, 0.25) is 0 Å². The van der Waals surface area contributed by atoms with E-state index in [1.165, 1.54) is 16.7 Å². The molecule has 0 saturated heterocycles. The number of aryl methyl sites for hydroxylation is 3. The van der Waals surface area contributed by atoms with Crippen LogP contribution in [0.3, 0.4) is 0 Å². The van der Waals surface area contributed by atoms with Crippen LogP contribution >= 0.6 is 0 Å². The number of hydrogen-bond acceptors (Lipinski definition) is 1. The molecule has 0 bridgehead atoms. The SMILES string of the molecule is CC(C)=CCC/C(C)=C/CNC(=O)c1c(C)cc(C)cc1C. The highest BCUT2D eigenvalue weighted by Gasteiger charge is 2.11. The zero-order valence-corrected chi connectivity index (χ0v) is 14.8. The molecule has 1 N–H and O–H groups in total. The number of hydrogen-bond donors (Lipinski definition) is 1. The van der Waals surface area contributed by atoms with Crippen LogP contribution in [0.15, 0.2) is 35.4 Å². The van der Waals surface area contributed by atoms with Crippen molar-refractivity contribution in [2.45, 2.75) is 54.4 Å². The second-order valence-electron chi connectivity index (χ2n) is 6.35. The van der Waals surface area contributed by atoms with E-state index in [-0.39, 0.29) is 5.91 Å². The van der Waals surface area contributed by atoms with Gasteiger partial charge in [-0.3, -0.25) is 4.79 Å². The molecule has 0 aromatic heterocycles. The monoisotopic (exact) mass is 299 g/mol. The molecule has 1 rings (SSSR count). The van der Waals surface area contributed by atoms with Crippen molar-refractivity contribution < 1.29 is 4.79 Å². The Balaban J connectivity index is 2.58. The zero-order chi connectivity index (χ0) is 16.7.